The van der Waals surface area contributed by atoms with Gasteiger partial charge in [0.2, 0.25) is 5.78 Å². The number of esters is 2. The van der Waals surface area contributed by atoms with Crippen molar-refractivity contribution in [1.29, 1.82) is 0 Å². The number of phenols is 1. The topological polar surface area (TPSA) is 213 Å². The van der Waals surface area contributed by atoms with Gasteiger partial charge in [-0.25, -0.2) is 4.79 Å². The van der Waals surface area contributed by atoms with E-state index in [-0.39, 0.29) is 33.7 Å². The third-order valence-corrected chi connectivity index (χ3v) is 10.6. The smallest absolute Gasteiger partial charge is 0.335 e. The van der Waals surface area contributed by atoms with Crippen molar-refractivity contribution in [3.05, 3.63) is 70.2 Å². The molecule has 1 spiro atoms. The minimum Gasteiger partial charge on any atom is -0.507 e. The number of ether oxygens (including phenoxy) is 6. The SMILES string of the molecule is CO[C@H]1/C=C/O[C@@]2(C)Oc3c(C)c(O)c4c(c3C2=O)C2(C=C(NC(=O)/C(C)=C\C=C\[C@H](C)[C@H](O)[C@@H](C)[C@@H](O)[C@@H](C)[C@H](OC(C)=O)[C@@H]1C)C4=O)OCC(=O)O2. The first-order chi connectivity index (χ1) is 25.3. The first-order valence-corrected chi connectivity index (χ1v) is 17.6. The Labute approximate surface area is 312 Å². The van der Waals surface area contributed by atoms with Gasteiger partial charge in [0, 0.05) is 61.8 Å². The molecule has 1 aliphatic carbocycles. The Hall–Kier alpha value is -4.83. The number of carbonyl (C=O) groups excluding carboxylic acids is 5. The second kappa shape index (κ2) is 15.1. The molecule has 0 radical (unpaired) electrons. The van der Waals surface area contributed by atoms with Crippen LogP contribution >= 0.6 is 0 Å². The molecule has 54 heavy (non-hydrogen) atoms. The highest BCUT2D eigenvalue weighted by atomic mass is 16.8. The Morgan fingerprint density at radius 1 is 0.963 bits per heavy atom. The van der Waals surface area contributed by atoms with Crippen LogP contribution in [0.4, 0.5) is 0 Å². The summed E-state index contributed by atoms with van der Waals surface area (Å²) in [5.74, 6) is -11.4. The molecule has 1 amide bonds. The number of aliphatic hydroxyl groups is 2. The number of carbonyl (C=O) groups is 5. The van der Waals surface area contributed by atoms with Crippen molar-refractivity contribution < 1.29 is 67.7 Å². The zero-order valence-corrected chi connectivity index (χ0v) is 31.6. The van der Waals surface area contributed by atoms with Gasteiger partial charge in [0.05, 0.1) is 47.0 Å². The van der Waals surface area contributed by atoms with Crippen LogP contribution in [0.25, 0.3) is 0 Å². The Morgan fingerprint density at radius 3 is 2.26 bits per heavy atom. The highest BCUT2D eigenvalue weighted by molar-refractivity contribution is 6.19. The Morgan fingerprint density at radius 2 is 1.65 bits per heavy atom. The third kappa shape index (κ3) is 7.08. The normalized spacial score (nSPS) is 36.6. The van der Waals surface area contributed by atoms with E-state index in [1.165, 1.54) is 47.0 Å². The number of hydrogen-bond donors (Lipinski definition) is 4. The summed E-state index contributed by atoms with van der Waals surface area (Å²) in [6, 6.07) is 0. The third-order valence-electron chi connectivity index (χ3n) is 10.6. The molecule has 4 heterocycles. The first-order valence-electron chi connectivity index (χ1n) is 17.6. The molecule has 4 aliphatic heterocycles. The second-order valence-corrected chi connectivity index (χ2v) is 14.4. The van der Waals surface area contributed by atoms with Gasteiger partial charge in [-0.3, -0.25) is 19.2 Å². The van der Waals surface area contributed by atoms with Gasteiger partial charge in [-0.05, 0) is 19.9 Å². The lowest BCUT2D eigenvalue weighted by Crippen LogP contribution is -2.46. The van der Waals surface area contributed by atoms with Crippen LogP contribution in [0.5, 0.6) is 11.5 Å². The number of aliphatic hydroxyl groups excluding tert-OH is 2. The molecule has 5 bridgehead atoms. The van der Waals surface area contributed by atoms with Crippen molar-refractivity contribution in [2.75, 3.05) is 13.7 Å². The molecule has 5 aliphatic rings. The van der Waals surface area contributed by atoms with Crippen molar-refractivity contribution in [3.63, 3.8) is 0 Å². The lowest BCUT2D eigenvalue weighted by Gasteiger charge is -2.38. The molecular formula is C39H47NO14. The van der Waals surface area contributed by atoms with E-state index in [0.717, 1.165) is 12.3 Å². The molecule has 15 heteroatoms. The maximum atomic E-state index is 14.3. The molecule has 292 valence electrons. The average Bonchev–Trinajstić information content (AvgIpc) is 3.62. The number of hydrogen-bond acceptors (Lipinski definition) is 14. The Kier molecular flexibility index (Phi) is 11.3. The van der Waals surface area contributed by atoms with Crippen molar-refractivity contribution in [1.82, 2.24) is 5.32 Å². The summed E-state index contributed by atoms with van der Waals surface area (Å²) in [6.07, 6.45) is 4.41. The first kappa shape index (κ1) is 40.4. The summed E-state index contributed by atoms with van der Waals surface area (Å²) in [7, 11) is 1.42. The van der Waals surface area contributed by atoms with Crippen molar-refractivity contribution in [3.8, 4) is 11.5 Å². The number of aromatic hydroxyl groups is 1. The lowest BCUT2D eigenvalue weighted by molar-refractivity contribution is -0.161. The quantitative estimate of drug-likeness (QED) is 0.320. The van der Waals surface area contributed by atoms with Crippen LogP contribution < -0.4 is 10.1 Å². The zero-order chi connectivity index (χ0) is 40.0. The second-order valence-electron chi connectivity index (χ2n) is 14.4. The number of fused-ring (bicyclic) bond motifs is 13. The zero-order valence-electron chi connectivity index (χ0n) is 31.6. The summed E-state index contributed by atoms with van der Waals surface area (Å²) in [4.78, 5) is 66.6. The highest BCUT2D eigenvalue weighted by Crippen LogP contribution is 2.53. The van der Waals surface area contributed by atoms with Crippen LogP contribution in [-0.4, -0.2) is 88.7 Å². The Balaban J connectivity index is 1.66. The number of methoxy groups -OCH3 is 1. The standard InChI is InChI=1S/C39H47NO14/c1-17-11-10-12-18(2)37(48)40-24-15-39(51-16-26(42)53-39)29-27(33(24)46)32(45)22(6)35-28(29)36(47)38(8,54-35)50-14-13-25(49-9)19(3)34(52-23(7)41)21(5)31(44)20(4)30(17)43/h10-15,17,19-21,25,30-31,34,43-45H,16H2,1-9H3,(H,40,48)/b11-10+,14-13+,18-12-/t17-,19+,20+,21+,25-,30-,31+,34+,38-,39?/m0/s1. The molecule has 1 saturated heterocycles. The number of allylic oxidation sites excluding steroid dienone is 3. The van der Waals surface area contributed by atoms with Gasteiger partial charge < -0.3 is 49.1 Å². The van der Waals surface area contributed by atoms with E-state index in [0.29, 0.717) is 0 Å². The molecule has 0 saturated carbocycles. The van der Waals surface area contributed by atoms with Crippen molar-refractivity contribution in [2.45, 2.75) is 91.4 Å². The van der Waals surface area contributed by atoms with E-state index in [4.69, 9.17) is 28.4 Å². The minimum atomic E-state index is -2.21. The van der Waals surface area contributed by atoms with E-state index >= 15 is 0 Å². The molecule has 1 unspecified atom stereocenters. The largest absolute Gasteiger partial charge is 0.507 e. The fourth-order valence-electron chi connectivity index (χ4n) is 7.37. The fraction of sp³-hybridized carbons (Fsp3) is 0.513. The Bertz CT molecular complexity index is 1880. The average molecular weight is 754 g/mol. The van der Waals surface area contributed by atoms with Crippen LogP contribution in [0, 0.1) is 30.6 Å². The van der Waals surface area contributed by atoms with Gasteiger partial charge in [-0.1, -0.05) is 45.9 Å². The lowest BCUT2D eigenvalue weighted by atomic mass is 9.78. The van der Waals surface area contributed by atoms with Crippen molar-refractivity contribution >= 4 is 29.4 Å². The highest BCUT2D eigenvalue weighted by Gasteiger charge is 2.58. The molecule has 6 rings (SSSR count). The number of nitrogens with one attached hydrogen (secondary N) is 1. The minimum absolute atomic E-state index is 0.00812. The van der Waals surface area contributed by atoms with Gasteiger partial charge in [0.25, 0.3) is 17.5 Å². The molecule has 4 N–H and O–H groups in total. The maximum Gasteiger partial charge on any atom is 0.335 e. The number of ketones is 2. The van der Waals surface area contributed by atoms with Gasteiger partial charge >= 0.3 is 17.7 Å². The number of Topliss-reactive ketones (excluding diaryl/α,β-unsaturated/α-hetero) is 2. The number of amides is 1. The number of rotatable bonds is 2. The summed E-state index contributed by atoms with van der Waals surface area (Å²) in [5, 5.41) is 36.6. The molecule has 1 aromatic rings. The van der Waals surface area contributed by atoms with Gasteiger partial charge in [-0.2, -0.15) is 0 Å². The van der Waals surface area contributed by atoms with E-state index in [2.05, 4.69) is 5.32 Å². The van der Waals surface area contributed by atoms with Gasteiger partial charge in [0.1, 0.15) is 24.2 Å². The van der Waals surface area contributed by atoms with Gasteiger partial charge in [0.15, 0.2) is 0 Å². The predicted molar refractivity (Wildman–Crippen MR) is 189 cm³/mol. The van der Waals surface area contributed by atoms with Crippen molar-refractivity contribution in [2.24, 2.45) is 23.7 Å². The van der Waals surface area contributed by atoms with E-state index in [1.54, 1.807) is 39.8 Å². The van der Waals surface area contributed by atoms with Crippen LogP contribution in [0.15, 0.2) is 47.9 Å². The molecule has 15 nitrogen and oxygen atoms in total. The van der Waals surface area contributed by atoms with Crippen LogP contribution in [0.2, 0.25) is 0 Å². The van der Waals surface area contributed by atoms with Gasteiger partial charge in [-0.15, -0.1) is 0 Å². The van der Waals surface area contributed by atoms with Crippen LogP contribution in [-0.2, 0) is 43.9 Å². The molecule has 10 atom stereocenters. The molecule has 1 fully saturated rings. The summed E-state index contributed by atoms with van der Waals surface area (Å²) < 4.78 is 34.8. The van der Waals surface area contributed by atoms with Crippen LogP contribution in [0.3, 0.4) is 0 Å². The number of benzene rings is 1. The van der Waals surface area contributed by atoms with E-state index < -0.39 is 107 Å². The molecule has 0 aromatic heterocycles. The number of phenolic OH excluding ortho intramolecular Hbond substituents is 1. The summed E-state index contributed by atoms with van der Waals surface area (Å²) in [6.45, 7) is 11.7. The summed E-state index contributed by atoms with van der Waals surface area (Å²) in [5.41, 5.74) is -1.23. The summed E-state index contributed by atoms with van der Waals surface area (Å²) >= 11 is 0. The van der Waals surface area contributed by atoms with E-state index in [9.17, 15) is 39.3 Å². The maximum absolute atomic E-state index is 14.3. The van der Waals surface area contributed by atoms with E-state index in [1.807, 2.05) is 0 Å². The molecular weight excluding hydrogens is 706 g/mol. The predicted octanol–water partition coefficient (Wildman–Crippen LogP) is 3.17. The van der Waals surface area contributed by atoms with Crippen LogP contribution in [0.1, 0.15) is 80.3 Å². The monoisotopic (exact) mass is 753 g/mol. The molecule has 1 aromatic carbocycles. The fourth-order valence-corrected chi connectivity index (χ4v) is 7.37.